The van der Waals surface area contributed by atoms with Crippen molar-refractivity contribution in [3.63, 3.8) is 0 Å². The van der Waals surface area contributed by atoms with Gasteiger partial charge in [-0.1, -0.05) is 48.0 Å². The Morgan fingerprint density at radius 2 is 1.67 bits per heavy atom. The molecule has 2 aliphatic heterocycles. The van der Waals surface area contributed by atoms with E-state index in [-0.39, 0.29) is 5.91 Å². The summed E-state index contributed by atoms with van der Waals surface area (Å²) in [5, 5.41) is 0.568. The van der Waals surface area contributed by atoms with Gasteiger partial charge in [-0.2, -0.15) is 0 Å². The Morgan fingerprint density at radius 1 is 1.00 bits per heavy atom. The molecule has 1 fully saturated rings. The van der Waals surface area contributed by atoms with E-state index in [1.807, 2.05) is 37.3 Å². The number of imide groups is 1. The lowest BCUT2D eigenvalue weighted by Gasteiger charge is -2.53. The van der Waals surface area contributed by atoms with E-state index in [9.17, 15) is 9.59 Å². The minimum atomic E-state index is -0.933. The molecule has 0 unspecified atom stereocenters. The largest absolute Gasteiger partial charge is 0.467 e. The van der Waals surface area contributed by atoms with Crippen LogP contribution in [-0.4, -0.2) is 22.6 Å². The Hall–Kier alpha value is -3.31. The lowest BCUT2D eigenvalue weighted by Crippen LogP contribution is -2.67. The Morgan fingerprint density at radius 3 is 2.40 bits per heavy atom. The molecular weight excluding hydrogens is 400 g/mol. The highest BCUT2D eigenvalue weighted by Crippen LogP contribution is 2.49. The molecule has 30 heavy (non-hydrogen) atoms. The normalized spacial score (nSPS) is 22.3. The lowest BCUT2D eigenvalue weighted by atomic mass is 9.88. The number of urea groups is 1. The van der Waals surface area contributed by atoms with Crippen molar-refractivity contribution in [3.05, 3.63) is 95.0 Å². The van der Waals surface area contributed by atoms with Crippen molar-refractivity contribution in [1.82, 2.24) is 4.90 Å². The molecule has 6 heteroatoms. The number of para-hydroxylation sites is 1. The van der Waals surface area contributed by atoms with Crippen LogP contribution in [0.1, 0.15) is 35.3 Å². The number of rotatable bonds is 2. The second-order valence-corrected chi connectivity index (χ2v) is 8.11. The number of ether oxygens (including phenoxy) is 1. The van der Waals surface area contributed by atoms with Crippen molar-refractivity contribution < 1.29 is 14.3 Å². The third kappa shape index (κ3) is 2.85. The second kappa shape index (κ2) is 6.89. The highest BCUT2D eigenvalue weighted by atomic mass is 35.5. The minimum absolute atomic E-state index is 0.330. The summed E-state index contributed by atoms with van der Waals surface area (Å²) in [7, 11) is 0. The average Bonchev–Trinajstić information content (AvgIpc) is 2.75. The molecule has 3 aromatic rings. The summed E-state index contributed by atoms with van der Waals surface area (Å²) in [5.74, 6) is 0.344. The van der Waals surface area contributed by atoms with Gasteiger partial charge >= 0.3 is 6.03 Å². The van der Waals surface area contributed by atoms with Crippen LogP contribution in [0.5, 0.6) is 5.75 Å². The number of fused-ring (bicyclic) bond motifs is 4. The number of carbonyl (C=O) groups is 2. The zero-order valence-corrected chi connectivity index (χ0v) is 17.0. The summed E-state index contributed by atoms with van der Waals surface area (Å²) in [5.41, 5.74) is 0.991. The minimum Gasteiger partial charge on any atom is -0.467 e. The van der Waals surface area contributed by atoms with E-state index in [0.717, 1.165) is 5.56 Å². The molecule has 0 aliphatic carbocycles. The summed E-state index contributed by atoms with van der Waals surface area (Å²) in [6.45, 7) is 1.88. The number of carbonyl (C=O) groups excluding carboxylic acids is 2. The number of anilines is 1. The molecule has 5 rings (SSSR count). The van der Waals surface area contributed by atoms with Gasteiger partial charge in [-0.15, -0.1) is 0 Å². The smallest absolute Gasteiger partial charge is 0.335 e. The van der Waals surface area contributed by atoms with E-state index in [1.54, 1.807) is 53.4 Å². The molecule has 0 spiro atoms. The van der Waals surface area contributed by atoms with Gasteiger partial charge in [0.2, 0.25) is 0 Å². The molecule has 2 heterocycles. The van der Waals surface area contributed by atoms with Crippen LogP contribution in [0.15, 0.2) is 78.9 Å². The van der Waals surface area contributed by atoms with Crippen molar-refractivity contribution in [3.8, 4) is 5.75 Å². The maximum atomic E-state index is 13.8. The van der Waals surface area contributed by atoms with E-state index < -0.39 is 17.8 Å². The van der Waals surface area contributed by atoms with Crippen LogP contribution in [0.2, 0.25) is 5.02 Å². The summed E-state index contributed by atoms with van der Waals surface area (Å²) in [4.78, 5) is 30.2. The monoisotopic (exact) mass is 418 g/mol. The van der Waals surface area contributed by atoms with Crippen LogP contribution in [0, 0.1) is 0 Å². The van der Waals surface area contributed by atoms with Gasteiger partial charge in [0.15, 0.2) is 5.72 Å². The zero-order valence-electron chi connectivity index (χ0n) is 16.3. The van der Waals surface area contributed by atoms with Gasteiger partial charge in [0.1, 0.15) is 5.75 Å². The topological polar surface area (TPSA) is 49.9 Å². The van der Waals surface area contributed by atoms with Gasteiger partial charge < -0.3 is 4.74 Å². The highest BCUT2D eigenvalue weighted by molar-refractivity contribution is 6.30. The predicted molar refractivity (Wildman–Crippen MR) is 115 cm³/mol. The van der Waals surface area contributed by atoms with E-state index in [0.29, 0.717) is 28.4 Å². The van der Waals surface area contributed by atoms with E-state index >= 15 is 0 Å². The summed E-state index contributed by atoms with van der Waals surface area (Å²) < 4.78 is 6.33. The number of hydrogen-bond acceptors (Lipinski definition) is 3. The van der Waals surface area contributed by atoms with E-state index in [2.05, 4.69) is 0 Å². The number of amides is 3. The Balaban J connectivity index is 1.67. The van der Waals surface area contributed by atoms with Crippen LogP contribution in [0.3, 0.4) is 0 Å². The maximum Gasteiger partial charge on any atom is 0.335 e. The van der Waals surface area contributed by atoms with Crippen molar-refractivity contribution in [2.75, 3.05) is 4.90 Å². The predicted octanol–water partition coefficient (Wildman–Crippen LogP) is 5.66. The SMILES string of the molecule is C[C@@]12C[C@H](c3ccccc3O1)N(C(=O)c1ccccc1)C(=O)N2c1ccc(Cl)cc1. The number of hydrogen-bond donors (Lipinski definition) is 0. The summed E-state index contributed by atoms with van der Waals surface area (Å²) in [6.07, 6.45) is 0.455. The molecule has 3 aromatic carbocycles. The number of nitrogens with zero attached hydrogens (tertiary/aromatic N) is 2. The molecule has 5 nitrogen and oxygen atoms in total. The number of halogens is 1. The molecule has 1 saturated heterocycles. The zero-order chi connectivity index (χ0) is 20.9. The highest BCUT2D eigenvalue weighted by Gasteiger charge is 2.55. The van der Waals surface area contributed by atoms with Crippen LogP contribution in [0.25, 0.3) is 0 Å². The fourth-order valence-electron chi connectivity index (χ4n) is 4.33. The first-order chi connectivity index (χ1) is 14.5. The first-order valence-electron chi connectivity index (χ1n) is 9.74. The van der Waals surface area contributed by atoms with Crippen molar-refractivity contribution in [2.45, 2.75) is 25.1 Å². The molecular formula is C24H19ClN2O3. The first kappa shape index (κ1) is 18.7. The number of benzene rings is 3. The van der Waals surface area contributed by atoms with Gasteiger partial charge in [-0.3, -0.25) is 14.6 Å². The molecule has 150 valence electrons. The quantitative estimate of drug-likeness (QED) is 0.539. The molecule has 0 saturated carbocycles. The Kier molecular flexibility index (Phi) is 4.29. The first-order valence-corrected chi connectivity index (χ1v) is 10.1. The molecule has 2 atom stereocenters. The maximum absolute atomic E-state index is 13.8. The van der Waals surface area contributed by atoms with Crippen LogP contribution >= 0.6 is 11.6 Å². The van der Waals surface area contributed by atoms with Gasteiger partial charge in [-0.25, -0.2) is 4.79 Å². The molecule has 3 amide bonds. The summed E-state index contributed by atoms with van der Waals surface area (Å²) >= 11 is 6.05. The van der Waals surface area contributed by atoms with Crippen molar-refractivity contribution in [1.29, 1.82) is 0 Å². The lowest BCUT2D eigenvalue weighted by molar-refractivity contribution is 0.00268. The van der Waals surface area contributed by atoms with Crippen molar-refractivity contribution in [2.24, 2.45) is 0 Å². The van der Waals surface area contributed by atoms with Gasteiger partial charge in [-0.05, 0) is 49.4 Å². The van der Waals surface area contributed by atoms with Gasteiger partial charge in [0.25, 0.3) is 5.91 Å². The van der Waals surface area contributed by atoms with E-state index in [1.165, 1.54) is 4.90 Å². The third-order valence-corrected chi connectivity index (χ3v) is 5.94. The fourth-order valence-corrected chi connectivity index (χ4v) is 4.45. The van der Waals surface area contributed by atoms with Gasteiger partial charge in [0, 0.05) is 28.3 Å². The fraction of sp³-hybridized carbons (Fsp3) is 0.167. The van der Waals surface area contributed by atoms with E-state index in [4.69, 9.17) is 16.3 Å². The second-order valence-electron chi connectivity index (χ2n) is 7.67. The molecule has 2 bridgehead atoms. The third-order valence-electron chi connectivity index (χ3n) is 5.69. The van der Waals surface area contributed by atoms with Crippen LogP contribution < -0.4 is 9.64 Å². The van der Waals surface area contributed by atoms with Gasteiger partial charge in [0.05, 0.1) is 6.04 Å². The molecule has 2 aliphatic rings. The van der Waals surface area contributed by atoms with Crippen molar-refractivity contribution >= 4 is 29.2 Å². The Bertz CT molecular complexity index is 1130. The average molecular weight is 419 g/mol. The van der Waals surface area contributed by atoms with Crippen LogP contribution in [-0.2, 0) is 0 Å². The molecule has 0 N–H and O–H groups in total. The van der Waals surface area contributed by atoms with Crippen LogP contribution in [0.4, 0.5) is 10.5 Å². The Labute approximate surface area is 179 Å². The standard InChI is InChI=1S/C24H19ClN2O3/c1-24-15-20(19-9-5-6-10-21(19)30-24)26(22(28)16-7-3-2-4-8-16)23(29)27(24)18-13-11-17(25)12-14-18/h2-14,20H,15H2,1H3/t20-,24+/m1/s1. The molecule has 0 aromatic heterocycles. The molecule has 0 radical (unpaired) electrons. The summed E-state index contributed by atoms with van der Waals surface area (Å²) in [6, 6.07) is 22.6.